The van der Waals surface area contributed by atoms with Gasteiger partial charge in [-0.1, -0.05) is 12.1 Å². The predicted molar refractivity (Wildman–Crippen MR) is 86.8 cm³/mol. The van der Waals surface area contributed by atoms with Crippen molar-refractivity contribution in [3.8, 4) is 0 Å². The monoisotopic (exact) mass is 380 g/mol. The Kier molecular flexibility index (Phi) is 4.69. The number of halogens is 4. The molecular formula is C18H12F4N2O3. The van der Waals surface area contributed by atoms with Crippen LogP contribution < -0.4 is 5.32 Å². The van der Waals surface area contributed by atoms with E-state index in [-0.39, 0.29) is 16.8 Å². The first-order chi connectivity index (χ1) is 12.7. The molecule has 1 aliphatic heterocycles. The summed E-state index contributed by atoms with van der Waals surface area (Å²) in [6.07, 6.45) is -4.54. The van der Waals surface area contributed by atoms with E-state index in [9.17, 15) is 31.9 Å². The molecule has 2 aromatic carbocycles. The van der Waals surface area contributed by atoms with Crippen molar-refractivity contribution < 1.29 is 31.9 Å². The van der Waals surface area contributed by atoms with Gasteiger partial charge in [-0.2, -0.15) is 13.2 Å². The molecule has 2 aromatic rings. The average molecular weight is 380 g/mol. The molecular weight excluding hydrogens is 368 g/mol. The molecule has 3 rings (SSSR count). The first-order valence-corrected chi connectivity index (χ1v) is 7.75. The molecule has 1 N–H and O–H groups in total. The molecule has 1 heterocycles. The lowest BCUT2D eigenvalue weighted by Crippen LogP contribution is -2.48. The minimum Gasteiger partial charge on any atom is -0.324 e. The van der Waals surface area contributed by atoms with Gasteiger partial charge in [-0.3, -0.25) is 19.3 Å². The van der Waals surface area contributed by atoms with E-state index in [1.165, 1.54) is 24.3 Å². The summed E-state index contributed by atoms with van der Waals surface area (Å²) >= 11 is 0. The molecule has 0 saturated heterocycles. The molecule has 140 valence electrons. The number of fused-ring (bicyclic) bond motifs is 1. The van der Waals surface area contributed by atoms with Crippen molar-refractivity contribution in [1.82, 2.24) is 4.90 Å². The molecule has 0 saturated carbocycles. The van der Waals surface area contributed by atoms with Crippen LogP contribution in [0.3, 0.4) is 0 Å². The van der Waals surface area contributed by atoms with Crippen molar-refractivity contribution in [1.29, 1.82) is 0 Å². The third-order valence-corrected chi connectivity index (χ3v) is 4.07. The van der Waals surface area contributed by atoms with E-state index < -0.39 is 42.2 Å². The predicted octanol–water partition coefficient (Wildman–Crippen LogP) is 3.28. The molecule has 0 unspecified atom stereocenters. The van der Waals surface area contributed by atoms with Crippen molar-refractivity contribution in [2.45, 2.75) is 12.2 Å². The number of nitrogens with one attached hydrogen (secondary N) is 1. The van der Waals surface area contributed by atoms with E-state index >= 15 is 0 Å². The summed E-state index contributed by atoms with van der Waals surface area (Å²) in [4.78, 5) is 37.6. The highest BCUT2D eigenvalue weighted by Gasteiger charge is 2.42. The number of amides is 3. The maximum atomic E-state index is 13.5. The van der Waals surface area contributed by atoms with Crippen LogP contribution in [-0.4, -0.2) is 35.3 Å². The van der Waals surface area contributed by atoms with Crippen LogP contribution in [0.1, 0.15) is 26.3 Å². The van der Waals surface area contributed by atoms with E-state index in [2.05, 4.69) is 5.32 Å². The fourth-order valence-electron chi connectivity index (χ4n) is 2.72. The van der Waals surface area contributed by atoms with Crippen LogP contribution >= 0.6 is 0 Å². The number of anilines is 1. The average Bonchev–Trinajstić information content (AvgIpc) is 2.88. The van der Waals surface area contributed by atoms with E-state index in [1.807, 2.05) is 0 Å². The topological polar surface area (TPSA) is 66.5 Å². The number of alkyl halides is 4. The highest BCUT2D eigenvalue weighted by Crippen LogP contribution is 2.30. The molecule has 0 fully saturated rings. The van der Waals surface area contributed by atoms with Crippen molar-refractivity contribution in [3.05, 3.63) is 65.2 Å². The Labute approximate surface area is 150 Å². The Bertz CT molecular complexity index is 875. The molecule has 1 atom stereocenters. The van der Waals surface area contributed by atoms with Gasteiger partial charge in [-0.05, 0) is 36.4 Å². The first-order valence-electron chi connectivity index (χ1n) is 7.75. The zero-order valence-corrected chi connectivity index (χ0v) is 13.6. The highest BCUT2D eigenvalue weighted by atomic mass is 19.4. The molecule has 27 heavy (non-hydrogen) atoms. The van der Waals surface area contributed by atoms with Gasteiger partial charge in [0.1, 0.15) is 12.7 Å². The lowest BCUT2D eigenvalue weighted by molar-refractivity contribution is -0.137. The normalized spacial score (nSPS) is 14.9. The molecule has 1 aliphatic rings. The number of hydrogen-bond donors (Lipinski definition) is 1. The third kappa shape index (κ3) is 3.40. The second-order valence-corrected chi connectivity index (χ2v) is 5.76. The van der Waals surface area contributed by atoms with Gasteiger partial charge in [0, 0.05) is 5.69 Å². The molecule has 0 spiro atoms. The number of imide groups is 1. The van der Waals surface area contributed by atoms with Crippen molar-refractivity contribution in [2.75, 3.05) is 12.0 Å². The summed E-state index contributed by atoms with van der Waals surface area (Å²) in [5.41, 5.74) is -0.822. The standard InChI is InChI=1S/C18H12F4N2O3/c19-9-14(24-16(26)12-3-1-2-4-13(12)17(24)27)15(25)23-11-7-5-10(6-8-11)18(20,21)22/h1-8,14H,9H2,(H,23,25)/t14-/m0/s1. The summed E-state index contributed by atoms with van der Waals surface area (Å²) in [6, 6.07) is 7.60. The minimum atomic E-state index is -4.54. The Morgan fingerprint density at radius 1 is 0.963 bits per heavy atom. The third-order valence-electron chi connectivity index (χ3n) is 4.07. The summed E-state index contributed by atoms with van der Waals surface area (Å²) in [5.74, 6) is -2.63. The van der Waals surface area contributed by atoms with E-state index in [0.29, 0.717) is 4.90 Å². The molecule has 9 heteroatoms. The number of benzene rings is 2. The van der Waals surface area contributed by atoms with Gasteiger partial charge < -0.3 is 5.32 Å². The second-order valence-electron chi connectivity index (χ2n) is 5.76. The van der Waals surface area contributed by atoms with E-state index in [0.717, 1.165) is 24.3 Å². The fourth-order valence-corrected chi connectivity index (χ4v) is 2.72. The zero-order valence-electron chi connectivity index (χ0n) is 13.6. The highest BCUT2D eigenvalue weighted by molar-refractivity contribution is 6.23. The molecule has 5 nitrogen and oxygen atoms in total. The molecule has 3 amide bonds. The van der Waals surface area contributed by atoms with Crippen LogP contribution in [0, 0.1) is 0 Å². The SMILES string of the molecule is O=C(Nc1ccc(C(F)(F)F)cc1)[C@H](CF)N1C(=O)c2ccccc2C1=O. The largest absolute Gasteiger partial charge is 0.416 e. The van der Waals surface area contributed by atoms with E-state index in [1.54, 1.807) is 0 Å². The molecule has 0 aromatic heterocycles. The minimum absolute atomic E-state index is 0.0249. The second kappa shape index (κ2) is 6.82. The lowest BCUT2D eigenvalue weighted by Gasteiger charge is -2.22. The first kappa shape index (κ1) is 18.6. The number of hydrogen-bond acceptors (Lipinski definition) is 3. The fraction of sp³-hybridized carbons (Fsp3) is 0.167. The maximum absolute atomic E-state index is 13.5. The van der Waals surface area contributed by atoms with Crippen molar-refractivity contribution in [3.63, 3.8) is 0 Å². The van der Waals surface area contributed by atoms with Gasteiger partial charge in [-0.15, -0.1) is 0 Å². The molecule has 0 bridgehead atoms. The van der Waals surface area contributed by atoms with Gasteiger partial charge in [0.05, 0.1) is 16.7 Å². The summed E-state index contributed by atoms with van der Waals surface area (Å²) in [6.45, 7) is -1.34. The number of nitrogens with zero attached hydrogens (tertiary/aromatic N) is 1. The Morgan fingerprint density at radius 3 is 1.93 bits per heavy atom. The van der Waals surface area contributed by atoms with E-state index in [4.69, 9.17) is 0 Å². The number of rotatable bonds is 4. The van der Waals surface area contributed by atoms with Crippen LogP contribution in [0.2, 0.25) is 0 Å². The van der Waals surface area contributed by atoms with Crippen LogP contribution in [0.25, 0.3) is 0 Å². The maximum Gasteiger partial charge on any atom is 0.416 e. The summed E-state index contributed by atoms with van der Waals surface area (Å²) < 4.78 is 51.2. The van der Waals surface area contributed by atoms with Gasteiger partial charge in [0.2, 0.25) is 5.91 Å². The van der Waals surface area contributed by atoms with Crippen molar-refractivity contribution >= 4 is 23.4 Å². The van der Waals surface area contributed by atoms with Gasteiger partial charge in [0.15, 0.2) is 0 Å². The summed E-state index contributed by atoms with van der Waals surface area (Å²) in [5, 5.41) is 2.22. The summed E-state index contributed by atoms with van der Waals surface area (Å²) in [7, 11) is 0. The van der Waals surface area contributed by atoms with Crippen LogP contribution in [0.15, 0.2) is 48.5 Å². The Balaban J connectivity index is 1.79. The number of carbonyl (C=O) groups excluding carboxylic acids is 3. The lowest BCUT2D eigenvalue weighted by atomic mass is 10.1. The Morgan fingerprint density at radius 2 is 1.48 bits per heavy atom. The smallest absolute Gasteiger partial charge is 0.324 e. The van der Waals surface area contributed by atoms with Crippen molar-refractivity contribution in [2.24, 2.45) is 0 Å². The van der Waals surface area contributed by atoms with Crippen LogP contribution in [-0.2, 0) is 11.0 Å². The number of carbonyl (C=O) groups is 3. The zero-order chi connectivity index (χ0) is 19.8. The van der Waals surface area contributed by atoms with Gasteiger partial charge >= 0.3 is 6.18 Å². The quantitative estimate of drug-likeness (QED) is 0.654. The van der Waals surface area contributed by atoms with Gasteiger partial charge in [0.25, 0.3) is 11.8 Å². The Hall–Kier alpha value is -3.23. The van der Waals surface area contributed by atoms with Crippen LogP contribution in [0.5, 0.6) is 0 Å². The molecule has 0 aliphatic carbocycles. The van der Waals surface area contributed by atoms with Gasteiger partial charge in [-0.25, -0.2) is 4.39 Å². The molecule has 0 radical (unpaired) electrons. The van der Waals surface area contributed by atoms with Crippen LogP contribution in [0.4, 0.5) is 23.2 Å².